The van der Waals surface area contributed by atoms with Crippen LogP contribution in [0.25, 0.3) is 0 Å². The van der Waals surface area contributed by atoms with E-state index < -0.39 is 12.1 Å². The van der Waals surface area contributed by atoms with Crippen LogP contribution in [-0.4, -0.2) is 29.3 Å². The molecule has 1 fully saturated rings. The Kier molecular flexibility index (Phi) is 6.36. The first-order valence-electron chi connectivity index (χ1n) is 6.48. The minimum Gasteiger partial charge on any atom is -0.475 e. The van der Waals surface area contributed by atoms with Crippen molar-refractivity contribution in [3.8, 4) is 0 Å². The van der Waals surface area contributed by atoms with E-state index in [2.05, 4.69) is 0 Å². The lowest BCUT2D eigenvalue weighted by Gasteiger charge is -2.31. The van der Waals surface area contributed by atoms with Gasteiger partial charge in [-0.15, -0.1) is 0 Å². The number of rotatable bonds is 3. The molecule has 0 spiro atoms. The van der Waals surface area contributed by atoms with Crippen LogP contribution in [0.1, 0.15) is 18.4 Å². The second kappa shape index (κ2) is 7.79. The third-order valence-electron chi connectivity index (χ3n) is 3.10. The molecule has 0 aliphatic heterocycles. The Morgan fingerprint density at radius 2 is 1.77 bits per heavy atom. The summed E-state index contributed by atoms with van der Waals surface area (Å²) < 4.78 is 36.9. The van der Waals surface area contributed by atoms with Crippen molar-refractivity contribution in [3.63, 3.8) is 0 Å². The van der Waals surface area contributed by atoms with Gasteiger partial charge in [0.05, 0.1) is 5.92 Å². The highest BCUT2D eigenvalue weighted by atomic mass is 19.4. The third-order valence-corrected chi connectivity index (χ3v) is 3.10. The summed E-state index contributed by atoms with van der Waals surface area (Å²) in [6.45, 7) is 0.350. The number of hydrogen-bond donors (Lipinski definition) is 2. The van der Waals surface area contributed by atoms with Gasteiger partial charge in [0.25, 0.3) is 0 Å². The number of ether oxygens (including phenoxy) is 1. The summed E-state index contributed by atoms with van der Waals surface area (Å²) in [5.41, 5.74) is 6.70. The molecular formula is C14H16F3NO4. The van der Waals surface area contributed by atoms with Gasteiger partial charge >= 0.3 is 18.1 Å². The number of carboxylic acids is 1. The van der Waals surface area contributed by atoms with Gasteiger partial charge in [0, 0.05) is 6.04 Å². The lowest BCUT2D eigenvalue weighted by molar-refractivity contribution is -0.192. The van der Waals surface area contributed by atoms with Crippen molar-refractivity contribution in [2.24, 2.45) is 11.7 Å². The second-order valence-electron chi connectivity index (χ2n) is 4.74. The highest BCUT2D eigenvalue weighted by molar-refractivity contribution is 5.74. The predicted molar refractivity (Wildman–Crippen MR) is 70.6 cm³/mol. The van der Waals surface area contributed by atoms with Crippen molar-refractivity contribution in [2.75, 3.05) is 0 Å². The zero-order chi connectivity index (χ0) is 16.8. The quantitative estimate of drug-likeness (QED) is 0.833. The highest BCUT2D eigenvalue weighted by Gasteiger charge is 2.38. The van der Waals surface area contributed by atoms with Crippen molar-refractivity contribution in [3.05, 3.63) is 35.9 Å². The molecule has 1 aromatic carbocycles. The minimum absolute atomic E-state index is 0.00766. The van der Waals surface area contributed by atoms with Crippen LogP contribution in [0.2, 0.25) is 0 Å². The Hall–Kier alpha value is -2.09. The monoisotopic (exact) mass is 319 g/mol. The maximum absolute atomic E-state index is 11.5. The van der Waals surface area contributed by atoms with Gasteiger partial charge in [0.2, 0.25) is 0 Å². The van der Waals surface area contributed by atoms with Crippen molar-refractivity contribution in [2.45, 2.75) is 31.7 Å². The molecule has 0 bridgehead atoms. The fraction of sp³-hybridized carbons (Fsp3) is 0.429. The number of esters is 1. The van der Waals surface area contributed by atoms with E-state index in [4.69, 9.17) is 20.4 Å². The van der Waals surface area contributed by atoms with Gasteiger partial charge < -0.3 is 15.6 Å². The summed E-state index contributed by atoms with van der Waals surface area (Å²) in [7, 11) is 0. The van der Waals surface area contributed by atoms with E-state index >= 15 is 0 Å². The molecule has 122 valence electrons. The number of hydrogen-bond acceptors (Lipinski definition) is 4. The molecule has 5 nitrogen and oxygen atoms in total. The average Bonchev–Trinajstić information content (AvgIpc) is 2.44. The van der Waals surface area contributed by atoms with Gasteiger partial charge in [0.15, 0.2) is 0 Å². The lowest BCUT2D eigenvalue weighted by atomic mass is 9.80. The Labute approximate surface area is 124 Å². The number of carbonyl (C=O) groups excluding carboxylic acids is 1. The zero-order valence-electron chi connectivity index (χ0n) is 11.5. The van der Waals surface area contributed by atoms with Crippen LogP contribution >= 0.6 is 0 Å². The second-order valence-corrected chi connectivity index (χ2v) is 4.74. The number of nitrogens with two attached hydrogens (primary N) is 1. The van der Waals surface area contributed by atoms with Gasteiger partial charge in [-0.25, -0.2) is 4.79 Å². The number of carbonyl (C=O) groups is 2. The smallest absolute Gasteiger partial charge is 0.475 e. The van der Waals surface area contributed by atoms with Gasteiger partial charge in [-0.2, -0.15) is 13.2 Å². The molecule has 0 radical (unpaired) electrons. The molecule has 0 aromatic heterocycles. The van der Waals surface area contributed by atoms with Crippen molar-refractivity contribution in [1.82, 2.24) is 0 Å². The van der Waals surface area contributed by atoms with Crippen LogP contribution < -0.4 is 5.73 Å². The van der Waals surface area contributed by atoms with E-state index in [0.29, 0.717) is 6.61 Å². The van der Waals surface area contributed by atoms with Crippen LogP contribution in [0.4, 0.5) is 13.2 Å². The number of benzene rings is 1. The standard InChI is InChI=1S/C12H15NO2.C2HF3O2/c13-11-7-6-10(11)12(14)15-8-9-4-2-1-3-5-9;3-2(4,5)1(6)7/h1-5,10-11H,6-8,13H2;(H,6,7)/t10-,11+;/m0./s1. The zero-order valence-corrected chi connectivity index (χ0v) is 11.5. The molecule has 0 saturated heterocycles. The van der Waals surface area contributed by atoms with E-state index in [9.17, 15) is 18.0 Å². The SMILES string of the molecule is N[C@@H]1CC[C@@H]1C(=O)OCc1ccccc1.O=C(O)C(F)(F)F. The maximum atomic E-state index is 11.5. The summed E-state index contributed by atoms with van der Waals surface area (Å²) in [4.78, 5) is 20.4. The van der Waals surface area contributed by atoms with Crippen molar-refractivity contribution >= 4 is 11.9 Å². The summed E-state index contributed by atoms with van der Waals surface area (Å²) in [6, 6.07) is 9.68. The number of carboxylic acid groups (broad SMARTS) is 1. The van der Waals surface area contributed by atoms with E-state index in [1.165, 1.54) is 0 Å². The molecular weight excluding hydrogens is 303 g/mol. The normalized spacial score (nSPS) is 20.2. The first-order valence-corrected chi connectivity index (χ1v) is 6.48. The van der Waals surface area contributed by atoms with Gasteiger partial charge in [-0.05, 0) is 18.4 Å². The number of halogens is 3. The topological polar surface area (TPSA) is 89.6 Å². The summed E-state index contributed by atoms with van der Waals surface area (Å²) in [5.74, 6) is -2.99. The minimum atomic E-state index is -5.08. The molecule has 8 heteroatoms. The molecule has 22 heavy (non-hydrogen) atoms. The molecule has 1 aromatic rings. The maximum Gasteiger partial charge on any atom is 0.490 e. The summed E-state index contributed by atoms with van der Waals surface area (Å²) in [6.07, 6.45) is -3.28. The van der Waals surface area contributed by atoms with Crippen molar-refractivity contribution in [1.29, 1.82) is 0 Å². The largest absolute Gasteiger partial charge is 0.490 e. The van der Waals surface area contributed by atoms with E-state index in [1.54, 1.807) is 0 Å². The Morgan fingerprint density at radius 1 is 1.23 bits per heavy atom. The highest BCUT2D eigenvalue weighted by Crippen LogP contribution is 2.26. The molecule has 0 amide bonds. The average molecular weight is 319 g/mol. The lowest BCUT2D eigenvalue weighted by Crippen LogP contribution is -2.44. The van der Waals surface area contributed by atoms with Gasteiger partial charge in [-0.1, -0.05) is 30.3 Å². The Bertz CT molecular complexity index is 505. The van der Waals surface area contributed by atoms with E-state index in [-0.39, 0.29) is 17.9 Å². The fourth-order valence-corrected chi connectivity index (χ4v) is 1.65. The Morgan fingerprint density at radius 3 is 2.14 bits per heavy atom. The van der Waals surface area contributed by atoms with Crippen LogP contribution in [0.5, 0.6) is 0 Å². The fourth-order valence-electron chi connectivity index (χ4n) is 1.65. The molecule has 1 aliphatic carbocycles. The van der Waals surface area contributed by atoms with Gasteiger partial charge in [0.1, 0.15) is 6.61 Å². The van der Waals surface area contributed by atoms with E-state index in [0.717, 1.165) is 18.4 Å². The molecule has 1 saturated carbocycles. The molecule has 3 N–H and O–H groups in total. The number of alkyl halides is 3. The predicted octanol–water partition coefficient (Wildman–Crippen LogP) is 2.10. The Balaban J connectivity index is 0.000000295. The van der Waals surface area contributed by atoms with Crippen LogP contribution in [0.15, 0.2) is 30.3 Å². The summed E-state index contributed by atoms with van der Waals surface area (Å²) in [5, 5.41) is 7.12. The molecule has 0 unspecified atom stereocenters. The first-order chi connectivity index (χ1) is 10.2. The van der Waals surface area contributed by atoms with E-state index in [1.807, 2.05) is 30.3 Å². The molecule has 1 aliphatic rings. The third kappa shape index (κ3) is 5.72. The summed E-state index contributed by atoms with van der Waals surface area (Å²) >= 11 is 0. The molecule has 2 rings (SSSR count). The number of aliphatic carboxylic acids is 1. The van der Waals surface area contributed by atoms with Crippen LogP contribution in [0, 0.1) is 5.92 Å². The first kappa shape index (κ1) is 18.0. The van der Waals surface area contributed by atoms with Crippen LogP contribution in [-0.2, 0) is 20.9 Å². The van der Waals surface area contributed by atoms with Gasteiger partial charge in [-0.3, -0.25) is 4.79 Å². The van der Waals surface area contributed by atoms with Crippen LogP contribution in [0.3, 0.4) is 0 Å². The molecule has 2 atom stereocenters. The van der Waals surface area contributed by atoms with Crippen molar-refractivity contribution < 1.29 is 32.6 Å². The molecule has 0 heterocycles.